The molecular formula is C22H18BrN3O3S. The number of aromatic nitrogens is 2. The highest BCUT2D eigenvalue weighted by Gasteiger charge is 2.18. The number of carbonyl (C=O) groups excluding carboxylic acids is 1. The quantitative estimate of drug-likeness (QED) is 0.471. The first-order valence-electron chi connectivity index (χ1n) is 9.21. The van der Waals surface area contributed by atoms with Crippen LogP contribution in [0.3, 0.4) is 0 Å². The van der Waals surface area contributed by atoms with Crippen LogP contribution < -0.4 is 16.6 Å². The molecule has 0 unspecified atom stereocenters. The second-order valence-corrected chi connectivity index (χ2v) is 8.82. The lowest BCUT2D eigenvalue weighted by Gasteiger charge is -2.14. The first-order chi connectivity index (χ1) is 14.3. The van der Waals surface area contributed by atoms with Gasteiger partial charge in [-0.15, -0.1) is 11.3 Å². The summed E-state index contributed by atoms with van der Waals surface area (Å²) in [5.74, 6) is -0.353. The first-order valence-corrected chi connectivity index (χ1v) is 10.9. The summed E-state index contributed by atoms with van der Waals surface area (Å²) in [5.41, 5.74) is 2.53. The summed E-state index contributed by atoms with van der Waals surface area (Å²) >= 11 is 4.63. The molecule has 0 aliphatic heterocycles. The number of anilines is 1. The lowest BCUT2D eigenvalue weighted by atomic mass is 10.1. The summed E-state index contributed by atoms with van der Waals surface area (Å²) in [6.07, 6.45) is 0. The van der Waals surface area contributed by atoms with Crippen molar-refractivity contribution in [3.8, 4) is 5.69 Å². The van der Waals surface area contributed by atoms with Crippen LogP contribution in [0.15, 0.2) is 68.0 Å². The van der Waals surface area contributed by atoms with Gasteiger partial charge in [-0.1, -0.05) is 39.7 Å². The molecule has 2 aromatic heterocycles. The Bertz CT molecular complexity index is 1400. The van der Waals surface area contributed by atoms with E-state index in [1.54, 1.807) is 29.6 Å². The number of aryl methyl sites for hydroxylation is 2. The number of thiophene rings is 1. The van der Waals surface area contributed by atoms with Crippen LogP contribution in [0.2, 0.25) is 0 Å². The van der Waals surface area contributed by atoms with Gasteiger partial charge >= 0.3 is 5.69 Å². The van der Waals surface area contributed by atoms with Gasteiger partial charge in [-0.3, -0.25) is 14.2 Å². The number of fused-ring (bicyclic) bond motifs is 1. The number of carbonyl (C=O) groups is 1. The number of rotatable bonds is 4. The molecular weight excluding hydrogens is 466 g/mol. The van der Waals surface area contributed by atoms with E-state index in [1.165, 1.54) is 15.9 Å². The molecule has 1 N–H and O–H groups in total. The zero-order valence-corrected chi connectivity index (χ0v) is 18.7. The molecule has 30 heavy (non-hydrogen) atoms. The molecule has 2 aromatic carbocycles. The average molecular weight is 484 g/mol. The lowest BCUT2D eigenvalue weighted by molar-refractivity contribution is -0.116. The second-order valence-electron chi connectivity index (χ2n) is 6.99. The topological polar surface area (TPSA) is 73.1 Å². The summed E-state index contributed by atoms with van der Waals surface area (Å²) in [4.78, 5) is 39.1. The summed E-state index contributed by atoms with van der Waals surface area (Å²) in [7, 11) is 0. The number of nitrogens with zero attached hydrogens (tertiary/aromatic N) is 2. The molecule has 1 amide bonds. The fourth-order valence-electron chi connectivity index (χ4n) is 3.42. The smallest absolute Gasteiger partial charge is 0.324 e. The summed E-state index contributed by atoms with van der Waals surface area (Å²) in [6, 6.07) is 14.4. The van der Waals surface area contributed by atoms with Crippen molar-refractivity contribution in [1.29, 1.82) is 0 Å². The number of hydrogen-bond acceptors (Lipinski definition) is 4. The molecule has 0 saturated carbocycles. The first kappa shape index (κ1) is 20.3. The minimum atomic E-state index is -0.540. The third-order valence-electron chi connectivity index (χ3n) is 4.76. The summed E-state index contributed by atoms with van der Waals surface area (Å²) in [6.45, 7) is 3.60. The number of hydrogen-bond donors (Lipinski definition) is 1. The molecule has 4 rings (SSSR count). The van der Waals surface area contributed by atoms with Gasteiger partial charge in [-0.2, -0.15) is 0 Å². The van der Waals surface area contributed by atoms with Crippen molar-refractivity contribution in [2.75, 3.05) is 5.32 Å². The van der Waals surface area contributed by atoms with E-state index in [2.05, 4.69) is 21.2 Å². The van der Waals surface area contributed by atoms with E-state index >= 15 is 0 Å². The van der Waals surface area contributed by atoms with Crippen LogP contribution in [0.1, 0.15) is 11.1 Å². The van der Waals surface area contributed by atoms with Crippen molar-refractivity contribution in [3.05, 3.63) is 90.3 Å². The van der Waals surface area contributed by atoms with Crippen molar-refractivity contribution in [2.24, 2.45) is 0 Å². The predicted molar refractivity (Wildman–Crippen MR) is 124 cm³/mol. The Morgan fingerprint density at radius 2 is 1.90 bits per heavy atom. The highest BCUT2D eigenvalue weighted by Crippen LogP contribution is 2.19. The van der Waals surface area contributed by atoms with Gasteiger partial charge in [0.2, 0.25) is 5.91 Å². The van der Waals surface area contributed by atoms with Crippen LogP contribution in [0.4, 0.5) is 5.69 Å². The van der Waals surface area contributed by atoms with Gasteiger partial charge in [-0.05, 0) is 55.1 Å². The zero-order chi connectivity index (χ0) is 21.4. The Kier molecular flexibility index (Phi) is 5.44. The van der Waals surface area contributed by atoms with Gasteiger partial charge in [-0.25, -0.2) is 9.36 Å². The highest BCUT2D eigenvalue weighted by molar-refractivity contribution is 9.10. The van der Waals surface area contributed by atoms with E-state index in [-0.39, 0.29) is 18.0 Å². The second kappa shape index (κ2) is 8.04. The zero-order valence-electron chi connectivity index (χ0n) is 16.3. The fourth-order valence-corrected chi connectivity index (χ4v) is 4.64. The van der Waals surface area contributed by atoms with E-state index in [1.807, 2.05) is 38.1 Å². The van der Waals surface area contributed by atoms with Crippen molar-refractivity contribution in [1.82, 2.24) is 9.13 Å². The Morgan fingerprint density at radius 3 is 2.63 bits per heavy atom. The molecule has 0 radical (unpaired) electrons. The highest BCUT2D eigenvalue weighted by atomic mass is 79.9. The van der Waals surface area contributed by atoms with Gasteiger partial charge in [0.1, 0.15) is 11.2 Å². The number of benzene rings is 2. The van der Waals surface area contributed by atoms with Crippen molar-refractivity contribution < 1.29 is 4.79 Å². The van der Waals surface area contributed by atoms with E-state index in [0.29, 0.717) is 21.6 Å². The van der Waals surface area contributed by atoms with E-state index in [9.17, 15) is 14.4 Å². The Balaban J connectivity index is 1.82. The average Bonchev–Trinajstić information content (AvgIpc) is 3.17. The van der Waals surface area contributed by atoms with Gasteiger partial charge < -0.3 is 5.32 Å². The van der Waals surface area contributed by atoms with E-state index in [4.69, 9.17) is 0 Å². The molecule has 6 nitrogen and oxygen atoms in total. The molecule has 0 atom stereocenters. The Morgan fingerprint density at radius 1 is 1.10 bits per heavy atom. The third kappa shape index (κ3) is 3.76. The van der Waals surface area contributed by atoms with Crippen LogP contribution in [0, 0.1) is 13.8 Å². The number of halogens is 1. The van der Waals surface area contributed by atoms with Crippen LogP contribution in [-0.2, 0) is 11.3 Å². The summed E-state index contributed by atoms with van der Waals surface area (Å²) in [5, 5.41) is 4.55. The Hall–Kier alpha value is -2.97. The number of amides is 1. The van der Waals surface area contributed by atoms with E-state index < -0.39 is 5.69 Å². The number of nitrogens with one attached hydrogen (secondary N) is 1. The predicted octanol–water partition coefficient (Wildman–Crippen LogP) is 4.23. The monoisotopic (exact) mass is 483 g/mol. The molecule has 0 spiro atoms. The Labute approximate surface area is 184 Å². The molecule has 8 heteroatoms. The minimum absolute atomic E-state index is 0.205. The van der Waals surface area contributed by atoms with Crippen LogP contribution in [0.5, 0.6) is 0 Å². The van der Waals surface area contributed by atoms with E-state index in [0.717, 1.165) is 20.2 Å². The van der Waals surface area contributed by atoms with Gasteiger partial charge in [0.05, 0.1) is 11.2 Å². The molecule has 152 valence electrons. The normalized spacial score (nSPS) is 11.0. The standard InChI is InChI=1S/C22H18BrN3O3S/c1-13-6-7-17(14(2)10-13)26-21(28)20-18(8-9-30-20)25(22(26)29)12-19(27)24-16-5-3-4-15(23)11-16/h3-11H,12H2,1-2H3,(H,24,27). The molecule has 0 aliphatic rings. The molecule has 0 bridgehead atoms. The molecule has 2 heterocycles. The van der Waals surface area contributed by atoms with Crippen LogP contribution >= 0.6 is 27.3 Å². The molecule has 0 fully saturated rings. The van der Waals surface area contributed by atoms with Crippen molar-refractivity contribution in [2.45, 2.75) is 20.4 Å². The third-order valence-corrected chi connectivity index (χ3v) is 6.14. The van der Waals surface area contributed by atoms with Gasteiger partial charge in [0.15, 0.2) is 0 Å². The SMILES string of the molecule is Cc1ccc(-n2c(=O)c3sccc3n(CC(=O)Nc3cccc(Br)c3)c2=O)c(C)c1. The maximum Gasteiger partial charge on any atom is 0.336 e. The lowest BCUT2D eigenvalue weighted by Crippen LogP contribution is -2.40. The summed E-state index contributed by atoms with van der Waals surface area (Å²) < 4.78 is 3.77. The van der Waals surface area contributed by atoms with Gasteiger partial charge in [0, 0.05) is 10.2 Å². The molecule has 0 saturated heterocycles. The maximum atomic E-state index is 13.3. The fraction of sp³-hybridized carbons (Fsp3) is 0.136. The van der Waals surface area contributed by atoms with Crippen LogP contribution in [-0.4, -0.2) is 15.0 Å². The van der Waals surface area contributed by atoms with Crippen molar-refractivity contribution in [3.63, 3.8) is 0 Å². The van der Waals surface area contributed by atoms with Crippen LogP contribution in [0.25, 0.3) is 15.9 Å². The van der Waals surface area contributed by atoms with Crippen molar-refractivity contribution >= 4 is 49.1 Å². The molecule has 4 aromatic rings. The minimum Gasteiger partial charge on any atom is -0.324 e. The largest absolute Gasteiger partial charge is 0.336 e. The molecule has 0 aliphatic carbocycles. The van der Waals surface area contributed by atoms with Gasteiger partial charge in [0.25, 0.3) is 5.56 Å². The maximum absolute atomic E-state index is 13.3.